The van der Waals surface area contributed by atoms with Crippen LogP contribution in [0.1, 0.15) is 25.7 Å². The number of aryl methyl sites for hydroxylation is 1. The highest BCUT2D eigenvalue weighted by Crippen LogP contribution is 2.04. The minimum atomic E-state index is -0.160. The summed E-state index contributed by atoms with van der Waals surface area (Å²) in [5.74, 6) is 0.460. The molecule has 1 aromatic rings. The number of unbranched alkanes of at least 4 members (excludes halogenated alkanes) is 3. The van der Waals surface area contributed by atoms with E-state index in [2.05, 4.69) is 5.10 Å². The van der Waals surface area contributed by atoms with Crippen LogP contribution >= 0.6 is 0 Å². The standard InChI is InChI=1S/C12H21N3O3/c13-5-8-18-11-9-12(17)15(14-10-11)6-3-1-2-4-7-16/h9-10,16H,1-8,13H2. The van der Waals surface area contributed by atoms with Gasteiger partial charge < -0.3 is 15.6 Å². The maximum Gasteiger partial charge on any atom is 0.270 e. The van der Waals surface area contributed by atoms with Gasteiger partial charge in [-0.3, -0.25) is 4.79 Å². The van der Waals surface area contributed by atoms with E-state index in [9.17, 15) is 4.79 Å². The van der Waals surface area contributed by atoms with E-state index in [1.165, 1.54) is 16.9 Å². The second-order valence-corrected chi connectivity index (χ2v) is 4.03. The molecule has 18 heavy (non-hydrogen) atoms. The van der Waals surface area contributed by atoms with Crippen LogP contribution < -0.4 is 16.0 Å². The molecule has 102 valence electrons. The second kappa shape index (κ2) is 8.66. The zero-order valence-corrected chi connectivity index (χ0v) is 10.5. The molecule has 0 unspecified atom stereocenters. The van der Waals surface area contributed by atoms with Crippen molar-refractivity contribution in [3.63, 3.8) is 0 Å². The molecule has 6 heteroatoms. The number of aliphatic hydroxyl groups excluding tert-OH is 1. The first-order chi connectivity index (χ1) is 8.77. The number of aliphatic hydroxyl groups is 1. The van der Waals surface area contributed by atoms with Crippen LogP contribution in [-0.2, 0) is 6.54 Å². The zero-order chi connectivity index (χ0) is 13.2. The molecule has 0 aliphatic rings. The molecule has 6 nitrogen and oxygen atoms in total. The highest BCUT2D eigenvalue weighted by molar-refractivity contribution is 5.13. The van der Waals surface area contributed by atoms with Crippen LogP contribution in [0.5, 0.6) is 5.75 Å². The Labute approximate surface area is 106 Å². The highest BCUT2D eigenvalue weighted by atomic mass is 16.5. The molecule has 0 radical (unpaired) electrons. The van der Waals surface area contributed by atoms with Crippen molar-refractivity contribution in [3.05, 3.63) is 22.6 Å². The van der Waals surface area contributed by atoms with Crippen LogP contribution in [0, 0.1) is 0 Å². The van der Waals surface area contributed by atoms with Crippen molar-refractivity contribution in [2.45, 2.75) is 32.2 Å². The first-order valence-electron chi connectivity index (χ1n) is 6.29. The molecule has 0 bridgehead atoms. The van der Waals surface area contributed by atoms with E-state index < -0.39 is 0 Å². The lowest BCUT2D eigenvalue weighted by molar-refractivity contribution is 0.281. The van der Waals surface area contributed by atoms with Gasteiger partial charge in [-0.05, 0) is 12.8 Å². The number of ether oxygens (including phenoxy) is 1. The summed E-state index contributed by atoms with van der Waals surface area (Å²) in [7, 11) is 0. The molecule has 0 saturated heterocycles. The summed E-state index contributed by atoms with van der Waals surface area (Å²) in [5.41, 5.74) is 5.14. The molecular weight excluding hydrogens is 234 g/mol. The Morgan fingerprint density at radius 1 is 1.33 bits per heavy atom. The molecule has 0 spiro atoms. The summed E-state index contributed by atoms with van der Waals surface area (Å²) in [6.45, 7) is 1.62. The van der Waals surface area contributed by atoms with Gasteiger partial charge in [0.1, 0.15) is 12.4 Å². The highest BCUT2D eigenvalue weighted by Gasteiger charge is 2.00. The first kappa shape index (κ1) is 14.7. The molecular formula is C12H21N3O3. The van der Waals surface area contributed by atoms with Crippen molar-refractivity contribution in [3.8, 4) is 5.75 Å². The van der Waals surface area contributed by atoms with E-state index in [0.29, 0.717) is 25.4 Å². The molecule has 1 rings (SSSR count). The fourth-order valence-corrected chi connectivity index (χ4v) is 1.57. The summed E-state index contributed by atoms with van der Waals surface area (Å²) >= 11 is 0. The Balaban J connectivity index is 2.40. The lowest BCUT2D eigenvalue weighted by Gasteiger charge is -2.06. The number of nitrogens with zero attached hydrogens (tertiary/aromatic N) is 2. The Morgan fingerprint density at radius 3 is 2.78 bits per heavy atom. The van der Waals surface area contributed by atoms with Gasteiger partial charge >= 0.3 is 0 Å². The number of hydrogen-bond acceptors (Lipinski definition) is 5. The molecule has 0 saturated carbocycles. The van der Waals surface area contributed by atoms with Crippen LogP contribution in [0.3, 0.4) is 0 Å². The van der Waals surface area contributed by atoms with E-state index >= 15 is 0 Å². The van der Waals surface area contributed by atoms with E-state index in [1.54, 1.807) is 0 Å². The van der Waals surface area contributed by atoms with E-state index in [-0.39, 0.29) is 12.2 Å². The predicted molar refractivity (Wildman–Crippen MR) is 68.6 cm³/mol. The molecule has 0 amide bonds. The van der Waals surface area contributed by atoms with Crippen molar-refractivity contribution in [1.82, 2.24) is 9.78 Å². The van der Waals surface area contributed by atoms with Gasteiger partial charge in [0.05, 0.1) is 6.20 Å². The van der Waals surface area contributed by atoms with Crippen molar-refractivity contribution in [2.24, 2.45) is 5.73 Å². The van der Waals surface area contributed by atoms with Crippen LogP contribution in [0.25, 0.3) is 0 Å². The third-order valence-electron chi connectivity index (χ3n) is 2.51. The van der Waals surface area contributed by atoms with Crippen molar-refractivity contribution >= 4 is 0 Å². The molecule has 1 heterocycles. The molecule has 0 aliphatic carbocycles. The van der Waals surface area contributed by atoms with Gasteiger partial charge in [0.25, 0.3) is 5.56 Å². The summed E-state index contributed by atoms with van der Waals surface area (Å²) in [6.07, 6.45) is 5.19. The maximum atomic E-state index is 11.7. The summed E-state index contributed by atoms with van der Waals surface area (Å²) in [6, 6.07) is 1.43. The summed E-state index contributed by atoms with van der Waals surface area (Å²) in [4.78, 5) is 11.7. The van der Waals surface area contributed by atoms with Crippen molar-refractivity contribution in [2.75, 3.05) is 19.8 Å². The lowest BCUT2D eigenvalue weighted by atomic mass is 10.2. The van der Waals surface area contributed by atoms with Gasteiger partial charge in [-0.15, -0.1) is 0 Å². The van der Waals surface area contributed by atoms with Crippen molar-refractivity contribution < 1.29 is 9.84 Å². The van der Waals surface area contributed by atoms with Gasteiger partial charge in [-0.1, -0.05) is 12.8 Å². The molecule has 0 aromatic carbocycles. The summed E-state index contributed by atoms with van der Waals surface area (Å²) in [5, 5.41) is 12.7. The third kappa shape index (κ3) is 5.29. The van der Waals surface area contributed by atoms with Gasteiger partial charge in [-0.2, -0.15) is 5.10 Å². The third-order valence-corrected chi connectivity index (χ3v) is 2.51. The monoisotopic (exact) mass is 255 g/mol. The lowest BCUT2D eigenvalue weighted by Crippen LogP contribution is -2.22. The summed E-state index contributed by atoms with van der Waals surface area (Å²) < 4.78 is 6.64. The Hall–Kier alpha value is -1.40. The van der Waals surface area contributed by atoms with Gasteiger partial charge in [0.2, 0.25) is 0 Å². The minimum absolute atomic E-state index is 0.160. The molecule has 1 aromatic heterocycles. The molecule has 0 atom stereocenters. The quantitative estimate of drug-likeness (QED) is 0.612. The average molecular weight is 255 g/mol. The van der Waals surface area contributed by atoms with Gasteiger partial charge in [-0.25, -0.2) is 4.68 Å². The Kier molecular flexibility index (Phi) is 7.05. The number of rotatable bonds is 9. The number of aromatic nitrogens is 2. The van der Waals surface area contributed by atoms with Crippen LogP contribution in [0.2, 0.25) is 0 Å². The minimum Gasteiger partial charge on any atom is -0.490 e. The average Bonchev–Trinajstić information content (AvgIpc) is 2.38. The predicted octanol–water partition coefficient (Wildman–Crippen LogP) is 0.133. The normalized spacial score (nSPS) is 10.6. The van der Waals surface area contributed by atoms with E-state index in [1.807, 2.05) is 0 Å². The van der Waals surface area contributed by atoms with Crippen molar-refractivity contribution in [1.29, 1.82) is 0 Å². The van der Waals surface area contributed by atoms with Crippen LogP contribution in [0.15, 0.2) is 17.1 Å². The smallest absolute Gasteiger partial charge is 0.270 e. The fourth-order valence-electron chi connectivity index (χ4n) is 1.57. The second-order valence-electron chi connectivity index (χ2n) is 4.03. The van der Waals surface area contributed by atoms with E-state index in [4.69, 9.17) is 15.6 Å². The van der Waals surface area contributed by atoms with Gasteiger partial charge in [0, 0.05) is 25.8 Å². The van der Waals surface area contributed by atoms with Crippen LogP contribution in [-0.4, -0.2) is 34.6 Å². The van der Waals surface area contributed by atoms with Gasteiger partial charge in [0.15, 0.2) is 0 Å². The Morgan fingerprint density at radius 2 is 2.11 bits per heavy atom. The largest absolute Gasteiger partial charge is 0.490 e. The topological polar surface area (TPSA) is 90.4 Å². The zero-order valence-electron chi connectivity index (χ0n) is 10.5. The number of hydrogen-bond donors (Lipinski definition) is 2. The first-order valence-corrected chi connectivity index (χ1v) is 6.29. The molecule has 3 N–H and O–H groups in total. The molecule has 0 aliphatic heterocycles. The molecule has 0 fully saturated rings. The number of nitrogens with two attached hydrogens (primary N) is 1. The maximum absolute atomic E-state index is 11.7. The van der Waals surface area contributed by atoms with E-state index in [0.717, 1.165) is 25.7 Å². The Bertz CT molecular complexity index is 392. The fraction of sp³-hybridized carbons (Fsp3) is 0.667. The van der Waals surface area contributed by atoms with Crippen LogP contribution in [0.4, 0.5) is 0 Å². The SMILES string of the molecule is NCCOc1cnn(CCCCCCO)c(=O)c1.